The van der Waals surface area contributed by atoms with Crippen LogP contribution in [0, 0.1) is 0 Å². The van der Waals surface area contributed by atoms with Gasteiger partial charge in [0, 0.05) is 26.6 Å². The van der Waals surface area contributed by atoms with Crippen molar-refractivity contribution < 1.29 is 0 Å². The molecule has 114 valence electrons. The Morgan fingerprint density at radius 1 is 1.24 bits per heavy atom. The summed E-state index contributed by atoms with van der Waals surface area (Å²) in [6.07, 6.45) is 0.801. The number of imidazole rings is 1. The number of nitrogens with one attached hydrogen (secondary N) is 1. The summed E-state index contributed by atoms with van der Waals surface area (Å²) in [5.74, 6) is 1.01. The second kappa shape index (κ2) is 4.84. The van der Waals surface area contributed by atoms with E-state index in [0.717, 1.165) is 18.8 Å². The standard InChI is InChI=1S/C14H21N5O2/c1-8(2)11-16-12-10(17(11)3)13(20)19(14(21)18(12)4)9-5-6-15-7-9/h8-9,15H,5-7H2,1-4H3. The summed E-state index contributed by atoms with van der Waals surface area (Å²) in [7, 11) is 3.52. The van der Waals surface area contributed by atoms with Crippen LogP contribution in [-0.2, 0) is 14.1 Å². The molecule has 2 aromatic rings. The molecular weight excluding hydrogens is 270 g/mol. The van der Waals surface area contributed by atoms with Crippen LogP contribution in [-0.4, -0.2) is 31.8 Å². The molecule has 3 rings (SSSR count). The van der Waals surface area contributed by atoms with E-state index in [0.29, 0.717) is 17.7 Å². The van der Waals surface area contributed by atoms with Crippen molar-refractivity contribution in [3.8, 4) is 0 Å². The van der Waals surface area contributed by atoms with Crippen LogP contribution in [0.5, 0.6) is 0 Å². The molecule has 1 N–H and O–H groups in total. The molecule has 1 unspecified atom stereocenters. The fourth-order valence-corrected chi connectivity index (χ4v) is 3.13. The molecule has 1 aliphatic rings. The summed E-state index contributed by atoms with van der Waals surface area (Å²) in [5.41, 5.74) is 0.462. The average Bonchev–Trinajstić information content (AvgIpc) is 3.04. The lowest BCUT2D eigenvalue weighted by atomic mass is 10.2. The van der Waals surface area contributed by atoms with E-state index in [2.05, 4.69) is 10.3 Å². The quantitative estimate of drug-likeness (QED) is 0.851. The molecule has 1 saturated heterocycles. The minimum atomic E-state index is -0.283. The second-order valence-corrected chi connectivity index (χ2v) is 6.02. The van der Waals surface area contributed by atoms with E-state index in [1.807, 2.05) is 25.5 Å². The van der Waals surface area contributed by atoms with Crippen LogP contribution in [0.4, 0.5) is 0 Å². The average molecular weight is 291 g/mol. The van der Waals surface area contributed by atoms with Crippen LogP contribution in [0.1, 0.15) is 38.1 Å². The minimum Gasteiger partial charge on any atom is -0.325 e. The van der Waals surface area contributed by atoms with E-state index < -0.39 is 0 Å². The van der Waals surface area contributed by atoms with Crippen molar-refractivity contribution in [2.24, 2.45) is 14.1 Å². The van der Waals surface area contributed by atoms with Crippen LogP contribution in [0.15, 0.2) is 9.59 Å². The highest BCUT2D eigenvalue weighted by atomic mass is 16.2. The summed E-state index contributed by atoms with van der Waals surface area (Å²) < 4.78 is 4.69. The lowest BCUT2D eigenvalue weighted by Crippen LogP contribution is -2.42. The number of nitrogens with zero attached hydrogens (tertiary/aromatic N) is 4. The number of hydrogen-bond donors (Lipinski definition) is 1. The Balaban J connectivity index is 2.39. The van der Waals surface area contributed by atoms with Gasteiger partial charge in [0.1, 0.15) is 5.82 Å². The third kappa shape index (κ3) is 1.95. The highest BCUT2D eigenvalue weighted by Gasteiger charge is 2.25. The monoisotopic (exact) mass is 291 g/mol. The molecule has 0 bridgehead atoms. The van der Waals surface area contributed by atoms with E-state index in [1.54, 1.807) is 7.05 Å². The zero-order chi connectivity index (χ0) is 15.3. The topological polar surface area (TPSA) is 73.8 Å². The summed E-state index contributed by atoms with van der Waals surface area (Å²) in [4.78, 5) is 29.8. The molecular formula is C14H21N5O2. The number of hydrogen-bond acceptors (Lipinski definition) is 4. The van der Waals surface area contributed by atoms with Crippen LogP contribution in [0.25, 0.3) is 11.2 Å². The molecule has 0 amide bonds. The molecule has 1 aliphatic heterocycles. The van der Waals surface area contributed by atoms with Gasteiger partial charge in [-0.15, -0.1) is 0 Å². The Morgan fingerprint density at radius 2 is 1.95 bits per heavy atom. The number of rotatable bonds is 2. The Labute approximate surface area is 122 Å². The molecule has 0 saturated carbocycles. The summed E-state index contributed by atoms with van der Waals surface area (Å²) >= 11 is 0. The molecule has 2 aromatic heterocycles. The van der Waals surface area contributed by atoms with Crippen molar-refractivity contribution in [1.29, 1.82) is 0 Å². The van der Waals surface area contributed by atoms with Crippen molar-refractivity contribution in [2.75, 3.05) is 13.1 Å². The zero-order valence-electron chi connectivity index (χ0n) is 12.9. The molecule has 0 aromatic carbocycles. The van der Waals surface area contributed by atoms with Gasteiger partial charge in [-0.05, 0) is 13.0 Å². The maximum absolute atomic E-state index is 12.8. The molecule has 7 nitrogen and oxygen atoms in total. The molecule has 1 atom stereocenters. The second-order valence-electron chi connectivity index (χ2n) is 6.02. The van der Waals surface area contributed by atoms with E-state index in [4.69, 9.17) is 0 Å². The predicted molar refractivity (Wildman–Crippen MR) is 80.8 cm³/mol. The van der Waals surface area contributed by atoms with Crippen molar-refractivity contribution >= 4 is 11.2 Å². The summed E-state index contributed by atoms with van der Waals surface area (Å²) in [6.45, 7) is 5.55. The third-order valence-corrected chi connectivity index (χ3v) is 4.26. The van der Waals surface area contributed by atoms with E-state index in [-0.39, 0.29) is 23.2 Å². The molecule has 0 radical (unpaired) electrons. The molecule has 7 heteroatoms. The first-order chi connectivity index (χ1) is 9.93. The van der Waals surface area contributed by atoms with Crippen LogP contribution in [0.2, 0.25) is 0 Å². The first kappa shape index (κ1) is 14.1. The van der Waals surface area contributed by atoms with Crippen molar-refractivity contribution in [1.82, 2.24) is 24.0 Å². The maximum atomic E-state index is 12.8. The number of aryl methyl sites for hydroxylation is 2. The number of fused-ring (bicyclic) bond motifs is 1. The fraction of sp³-hybridized carbons (Fsp3) is 0.643. The fourth-order valence-electron chi connectivity index (χ4n) is 3.13. The first-order valence-electron chi connectivity index (χ1n) is 7.32. The highest BCUT2D eigenvalue weighted by molar-refractivity contribution is 5.71. The van der Waals surface area contributed by atoms with Gasteiger partial charge in [0.15, 0.2) is 11.2 Å². The third-order valence-electron chi connectivity index (χ3n) is 4.26. The Bertz CT molecular complexity index is 805. The van der Waals surface area contributed by atoms with E-state index in [1.165, 1.54) is 9.13 Å². The normalized spacial score (nSPS) is 19.0. The molecule has 1 fully saturated rings. The summed E-state index contributed by atoms with van der Waals surface area (Å²) in [6, 6.07) is -0.0713. The Kier molecular flexibility index (Phi) is 3.24. The van der Waals surface area contributed by atoms with Gasteiger partial charge in [-0.25, -0.2) is 9.78 Å². The van der Waals surface area contributed by atoms with Gasteiger partial charge >= 0.3 is 5.69 Å². The van der Waals surface area contributed by atoms with E-state index in [9.17, 15) is 9.59 Å². The predicted octanol–water partition coefficient (Wildman–Crippen LogP) is 0.0915. The van der Waals surface area contributed by atoms with Gasteiger partial charge in [-0.1, -0.05) is 13.8 Å². The highest BCUT2D eigenvalue weighted by Crippen LogP contribution is 2.18. The van der Waals surface area contributed by atoms with E-state index >= 15 is 0 Å². The van der Waals surface area contributed by atoms with Crippen molar-refractivity contribution in [2.45, 2.75) is 32.2 Å². The van der Waals surface area contributed by atoms with Gasteiger partial charge in [-0.3, -0.25) is 13.9 Å². The first-order valence-corrected chi connectivity index (χ1v) is 7.32. The molecule has 0 aliphatic carbocycles. The van der Waals surface area contributed by atoms with Crippen LogP contribution >= 0.6 is 0 Å². The largest absolute Gasteiger partial charge is 0.332 e. The lowest BCUT2D eigenvalue weighted by molar-refractivity contribution is 0.491. The molecule has 21 heavy (non-hydrogen) atoms. The van der Waals surface area contributed by atoms with Gasteiger partial charge in [0.2, 0.25) is 0 Å². The smallest absolute Gasteiger partial charge is 0.325 e. The summed E-state index contributed by atoms with van der Waals surface area (Å²) in [5, 5.41) is 3.20. The SMILES string of the molecule is CC(C)c1nc2c(c(=O)n(C3CCNC3)c(=O)n2C)n1C. The van der Waals surface area contributed by atoms with Crippen molar-refractivity contribution in [3.05, 3.63) is 26.7 Å². The molecule has 0 spiro atoms. The minimum absolute atomic E-state index is 0.0713. The molecule has 3 heterocycles. The lowest BCUT2D eigenvalue weighted by Gasteiger charge is -2.13. The van der Waals surface area contributed by atoms with Gasteiger partial charge < -0.3 is 9.88 Å². The van der Waals surface area contributed by atoms with Crippen LogP contribution < -0.4 is 16.6 Å². The van der Waals surface area contributed by atoms with Gasteiger partial charge in [0.25, 0.3) is 5.56 Å². The Morgan fingerprint density at radius 3 is 2.52 bits per heavy atom. The Hall–Kier alpha value is -1.89. The van der Waals surface area contributed by atoms with Crippen LogP contribution in [0.3, 0.4) is 0 Å². The number of aromatic nitrogens is 4. The maximum Gasteiger partial charge on any atom is 0.332 e. The van der Waals surface area contributed by atoms with Crippen molar-refractivity contribution in [3.63, 3.8) is 0 Å². The van der Waals surface area contributed by atoms with Gasteiger partial charge in [-0.2, -0.15) is 0 Å². The van der Waals surface area contributed by atoms with Gasteiger partial charge in [0.05, 0.1) is 6.04 Å². The zero-order valence-corrected chi connectivity index (χ0v) is 12.9.